The molecule has 4 rings (SSSR count). The number of ether oxygens (including phenoxy) is 1. The van der Waals surface area contributed by atoms with Gasteiger partial charge in [0.25, 0.3) is 0 Å². The van der Waals surface area contributed by atoms with Gasteiger partial charge in [0.2, 0.25) is 10.0 Å². The van der Waals surface area contributed by atoms with Crippen LogP contribution in [0.3, 0.4) is 0 Å². The van der Waals surface area contributed by atoms with Gasteiger partial charge < -0.3 is 9.84 Å². The summed E-state index contributed by atoms with van der Waals surface area (Å²) < 4.78 is 47.5. The topological polar surface area (TPSA) is 66.8 Å². The highest BCUT2D eigenvalue weighted by molar-refractivity contribution is 7.89. The summed E-state index contributed by atoms with van der Waals surface area (Å²) in [6.45, 7) is 2.23. The molecule has 1 saturated heterocycles. The fourth-order valence-corrected chi connectivity index (χ4v) is 5.63. The van der Waals surface area contributed by atoms with E-state index in [0.29, 0.717) is 17.9 Å². The van der Waals surface area contributed by atoms with Crippen molar-refractivity contribution in [2.45, 2.75) is 17.9 Å². The summed E-state index contributed by atoms with van der Waals surface area (Å²) in [6, 6.07) is 10.3. The van der Waals surface area contributed by atoms with E-state index >= 15 is 0 Å². The average Bonchev–Trinajstić information content (AvgIpc) is 3.02. The van der Waals surface area contributed by atoms with Crippen LogP contribution in [0, 0.1) is 24.6 Å². The van der Waals surface area contributed by atoms with Crippen LogP contribution in [0.25, 0.3) is 0 Å². The second kappa shape index (κ2) is 6.33. The lowest BCUT2D eigenvalue weighted by molar-refractivity contribution is 0.129. The van der Waals surface area contributed by atoms with E-state index in [1.165, 1.54) is 22.5 Å². The van der Waals surface area contributed by atoms with Crippen LogP contribution in [0.1, 0.15) is 17.2 Å². The van der Waals surface area contributed by atoms with Crippen LogP contribution in [0.2, 0.25) is 0 Å². The number of rotatable bonds is 3. The fourth-order valence-electron chi connectivity index (χ4n) is 3.92. The Morgan fingerprint density at radius 2 is 1.96 bits per heavy atom. The molecule has 0 saturated carbocycles. The molecule has 5 nitrogen and oxygen atoms in total. The lowest BCUT2D eigenvalue weighted by Crippen LogP contribution is -2.35. The Morgan fingerprint density at radius 3 is 2.65 bits per heavy atom. The first kappa shape index (κ1) is 17.5. The van der Waals surface area contributed by atoms with Gasteiger partial charge in [0.05, 0.1) is 17.5 Å². The molecule has 0 aliphatic carbocycles. The number of benzene rings is 2. The number of fused-ring (bicyclic) bond motifs is 3. The van der Waals surface area contributed by atoms with Crippen molar-refractivity contribution in [2.75, 3.05) is 19.8 Å². The second-order valence-corrected chi connectivity index (χ2v) is 8.82. The van der Waals surface area contributed by atoms with Crippen LogP contribution in [0.15, 0.2) is 47.4 Å². The Labute approximate surface area is 152 Å². The standard InChI is InChI=1S/C19H20FNO4S/c1-12-2-5-15(6-3-12)26(23,24)21-9-13(10-22)17-11-25-18-7-4-14(20)8-16(18)19(17)21/h2-8,13,17,19,22H,9-11H2,1H3/t13-,17-,19-/m0/s1. The minimum atomic E-state index is -3.78. The minimum absolute atomic E-state index is 0.144. The number of nitrogens with zero attached hydrogens (tertiary/aromatic N) is 1. The first-order valence-corrected chi connectivity index (χ1v) is 9.97. The molecule has 1 N–H and O–H groups in total. The maximum atomic E-state index is 13.8. The molecule has 26 heavy (non-hydrogen) atoms. The van der Waals surface area contributed by atoms with Crippen molar-refractivity contribution in [1.82, 2.24) is 4.31 Å². The molecule has 1 fully saturated rings. The van der Waals surface area contributed by atoms with Crippen molar-refractivity contribution in [1.29, 1.82) is 0 Å². The molecule has 138 valence electrons. The lowest BCUT2D eigenvalue weighted by Gasteiger charge is -2.34. The molecule has 0 unspecified atom stereocenters. The first-order valence-electron chi connectivity index (χ1n) is 8.53. The maximum Gasteiger partial charge on any atom is 0.243 e. The largest absolute Gasteiger partial charge is 0.493 e. The van der Waals surface area contributed by atoms with Crippen molar-refractivity contribution in [3.05, 3.63) is 59.4 Å². The average molecular weight is 377 g/mol. The molecule has 3 atom stereocenters. The summed E-state index contributed by atoms with van der Waals surface area (Å²) in [4.78, 5) is 0.199. The number of hydrogen-bond acceptors (Lipinski definition) is 4. The lowest BCUT2D eigenvalue weighted by atomic mass is 9.86. The SMILES string of the molecule is Cc1ccc(S(=O)(=O)N2C[C@@H](CO)[C@@H]3COc4ccc(F)cc4[C@@H]32)cc1. The van der Waals surface area contributed by atoms with Gasteiger partial charge >= 0.3 is 0 Å². The first-order chi connectivity index (χ1) is 12.4. The van der Waals surface area contributed by atoms with Gasteiger partial charge in [-0.3, -0.25) is 0 Å². The van der Waals surface area contributed by atoms with Crippen LogP contribution < -0.4 is 4.74 Å². The Morgan fingerprint density at radius 1 is 1.23 bits per heavy atom. The van der Waals surface area contributed by atoms with Gasteiger partial charge in [-0.1, -0.05) is 17.7 Å². The van der Waals surface area contributed by atoms with Crippen LogP contribution in [-0.4, -0.2) is 37.6 Å². The van der Waals surface area contributed by atoms with E-state index in [-0.39, 0.29) is 29.9 Å². The molecule has 0 bridgehead atoms. The summed E-state index contributed by atoms with van der Waals surface area (Å²) >= 11 is 0. The number of aliphatic hydroxyl groups is 1. The number of halogens is 1. The van der Waals surface area contributed by atoms with Gasteiger partial charge in [-0.2, -0.15) is 4.31 Å². The molecule has 2 aromatic rings. The van der Waals surface area contributed by atoms with E-state index in [0.717, 1.165) is 5.56 Å². The van der Waals surface area contributed by atoms with Crippen LogP contribution in [0.4, 0.5) is 4.39 Å². The summed E-state index contributed by atoms with van der Waals surface area (Å²) in [6.07, 6.45) is 0. The van der Waals surface area contributed by atoms with Gasteiger partial charge in [0.1, 0.15) is 11.6 Å². The van der Waals surface area contributed by atoms with E-state index in [2.05, 4.69) is 0 Å². The summed E-state index contributed by atoms with van der Waals surface area (Å²) in [7, 11) is -3.78. The highest BCUT2D eigenvalue weighted by Gasteiger charge is 2.50. The van der Waals surface area contributed by atoms with E-state index in [9.17, 15) is 17.9 Å². The molecule has 2 aliphatic heterocycles. The van der Waals surface area contributed by atoms with Crippen molar-refractivity contribution in [3.8, 4) is 5.75 Å². The summed E-state index contributed by atoms with van der Waals surface area (Å²) in [5, 5.41) is 9.75. The van der Waals surface area contributed by atoms with E-state index in [1.54, 1.807) is 24.3 Å². The molecule has 2 aliphatic rings. The van der Waals surface area contributed by atoms with Crippen LogP contribution in [-0.2, 0) is 10.0 Å². The highest BCUT2D eigenvalue weighted by atomic mass is 32.2. The molecule has 0 spiro atoms. The molecule has 2 aromatic carbocycles. The van der Waals surface area contributed by atoms with Crippen molar-refractivity contribution < 1.29 is 22.7 Å². The Balaban J connectivity index is 1.82. The highest BCUT2D eigenvalue weighted by Crippen LogP contribution is 2.49. The number of aryl methyl sites for hydroxylation is 1. The van der Waals surface area contributed by atoms with E-state index < -0.39 is 21.9 Å². The Kier molecular flexibility index (Phi) is 4.25. The predicted octanol–water partition coefficient (Wildman–Crippen LogP) is 2.50. The third-order valence-electron chi connectivity index (χ3n) is 5.32. The van der Waals surface area contributed by atoms with Crippen molar-refractivity contribution in [3.63, 3.8) is 0 Å². The third kappa shape index (κ3) is 2.71. The molecule has 7 heteroatoms. The van der Waals surface area contributed by atoms with Crippen molar-refractivity contribution in [2.24, 2.45) is 11.8 Å². The van der Waals surface area contributed by atoms with Gasteiger partial charge in [-0.15, -0.1) is 0 Å². The van der Waals surface area contributed by atoms with Crippen LogP contribution in [0.5, 0.6) is 5.75 Å². The van der Waals surface area contributed by atoms with Crippen molar-refractivity contribution >= 4 is 10.0 Å². The monoisotopic (exact) mass is 377 g/mol. The third-order valence-corrected chi connectivity index (χ3v) is 7.18. The van der Waals surface area contributed by atoms with E-state index in [4.69, 9.17) is 4.74 Å². The molecule has 0 aromatic heterocycles. The van der Waals surface area contributed by atoms with Gasteiger partial charge in [0, 0.05) is 30.6 Å². The van der Waals surface area contributed by atoms with Gasteiger partial charge in [-0.25, -0.2) is 12.8 Å². The zero-order valence-electron chi connectivity index (χ0n) is 14.3. The van der Waals surface area contributed by atoms with Crippen LogP contribution >= 0.6 is 0 Å². The predicted molar refractivity (Wildman–Crippen MR) is 93.8 cm³/mol. The summed E-state index contributed by atoms with van der Waals surface area (Å²) in [5.74, 6) is -0.408. The second-order valence-electron chi connectivity index (χ2n) is 6.93. The molecular formula is C19H20FNO4S. The zero-order valence-corrected chi connectivity index (χ0v) is 15.1. The minimum Gasteiger partial charge on any atom is -0.493 e. The quantitative estimate of drug-likeness (QED) is 0.893. The zero-order chi connectivity index (χ0) is 18.5. The van der Waals surface area contributed by atoms with E-state index in [1.807, 2.05) is 6.92 Å². The normalized spacial score (nSPS) is 25.4. The Hall–Kier alpha value is -1.96. The Bertz CT molecular complexity index is 929. The number of aliphatic hydroxyl groups excluding tert-OH is 1. The number of sulfonamides is 1. The molecule has 0 radical (unpaired) electrons. The van der Waals surface area contributed by atoms with Gasteiger partial charge in [-0.05, 0) is 37.3 Å². The summed E-state index contributed by atoms with van der Waals surface area (Å²) in [5.41, 5.74) is 1.49. The smallest absolute Gasteiger partial charge is 0.243 e. The number of hydrogen-bond donors (Lipinski definition) is 1. The molecule has 0 amide bonds. The molecule has 2 heterocycles. The molecular weight excluding hydrogens is 357 g/mol. The van der Waals surface area contributed by atoms with Gasteiger partial charge in [0.15, 0.2) is 0 Å². The maximum absolute atomic E-state index is 13.8. The fraction of sp³-hybridized carbons (Fsp3) is 0.368.